The molecule has 1 rings (SSSR count). The van der Waals surface area contributed by atoms with Crippen molar-refractivity contribution in [3.8, 4) is 0 Å². The topological polar surface area (TPSA) is 67.2 Å². The number of nitrogens with one attached hydrogen (secondary N) is 2. The van der Waals surface area contributed by atoms with Gasteiger partial charge >= 0.3 is 0 Å². The fourth-order valence-corrected chi connectivity index (χ4v) is 1.80. The quantitative estimate of drug-likeness (QED) is 0.521. The number of amides is 1. The largest absolute Gasteiger partial charge is 0.330 e. The Hall–Kier alpha value is -1.04. The zero-order valence-corrected chi connectivity index (χ0v) is 10.1. The van der Waals surface area contributed by atoms with Crippen molar-refractivity contribution in [1.82, 2.24) is 4.72 Å². The second kappa shape index (κ2) is 7.27. The van der Waals surface area contributed by atoms with E-state index in [0.29, 0.717) is 6.54 Å². The normalized spacial score (nSPS) is 10.1. The van der Waals surface area contributed by atoms with Crippen LogP contribution in [0.4, 0.5) is 5.69 Å². The van der Waals surface area contributed by atoms with Gasteiger partial charge in [-0.15, -0.1) is 0 Å². The number of nitrogens with two attached hydrogens (primary N) is 1. The monoisotopic (exact) mass is 239 g/mol. The minimum absolute atomic E-state index is 0.0542. The summed E-state index contributed by atoms with van der Waals surface area (Å²) in [7, 11) is 0. The molecular weight excluding hydrogens is 222 g/mol. The molecule has 0 heterocycles. The van der Waals surface area contributed by atoms with Gasteiger partial charge in [0, 0.05) is 24.1 Å². The van der Waals surface area contributed by atoms with Crippen molar-refractivity contribution >= 4 is 23.5 Å². The highest BCUT2D eigenvalue weighted by molar-refractivity contribution is 7.97. The second-order valence-electron chi connectivity index (χ2n) is 3.34. The van der Waals surface area contributed by atoms with Gasteiger partial charge in [0.05, 0.1) is 0 Å². The summed E-state index contributed by atoms with van der Waals surface area (Å²) in [5.41, 5.74) is 6.20. The van der Waals surface area contributed by atoms with E-state index in [0.717, 1.165) is 23.5 Å². The first-order chi connectivity index (χ1) is 7.72. The number of carbonyl (C=O) groups excluding carboxylic acids is 1. The Morgan fingerprint density at radius 2 is 2.06 bits per heavy atom. The molecule has 88 valence electrons. The van der Waals surface area contributed by atoms with E-state index in [1.165, 1.54) is 6.92 Å². The summed E-state index contributed by atoms with van der Waals surface area (Å²) in [6.07, 6.45) is 0.969. The molecule has 16 heavy (non-hydrogen) atoms. The summed E-state index contributed by atoms with van der Waals surface area (Å²) in [5.74, 6) is -0.0542. The molecule has 1 aromatic rings. The SMILES string of the molecule is CC(=O)Nc1ccc(SNCCCN)cc1. The third-order valence-corrected chi connectivity index (χ3v) is 2.70. The molecule has 0 saturated heterocycles. The van der Waals surface area contributed by atoms with Crippen LogP contribution in [0.2, 0.25) is 0 Å². The number of carbonyl (C=O) groups is 1. The smallest absolute Gasteiger partial charge is 0.221 e. The first-order valence-electron chi connectivity index (χ1n) is 5.20. The van der Waals surface area contributed by atoms with Gasteiger partial charge in [-0.1, -0.05) is 0 Å². The number of hydrogen-bond acceptors (Lipinski definition) is 4. The Morgan fingerprint density at radius 1 is 1.38 bits per heavy atom. The van der Waals surface area contributed by atoms with Crippen LogP contribution in [0, 0.1) is 0 Å². The van der Waals surface area contributed by atoms with Crippen molar-refractivity contribution in [1.29, 1.82) is 0 Å². The molecule has 0 aromatic heterocycles. The van der Waals surface area contributed by atoms with Crippen LogP contribution < -0.4 is 15.8 Å². The van der Waals surface area contributed by atoms with Crippen LogP contribution >= 0.6 is 11.9 Å². The van der Waals surface area contributed by atoms with E-state index in [1.807, 2.05) is 24.3 Å². The Labute approximate surface area is 100 Å². The maximum Gasteiger partial charge on any atom is 0.221 e. The third kappa shape index (κ3) is 5.16. The molecule has 4 nitrogen and oxygen atoms in total. The molecule has 0 spiro atoms. The Morgan fingerprint density at radius 3 is 2.62 bits per heavy atom. The molecule has 5 heteroatoms. The predicted molar refractivity (Wildman–Crippen MR) is 68.3 cm³/mol. The molecule has 0 bridgehead atoms. The highest BCUT2D eigenvalue weighted by atomic mass is 32.2. The highest BCUT2D eigenvalue weighted by Crippen LogP contribution is 2.17. The Bertz CT molecular complexity index is 327. The second-order valence-corrected chi connectivity index (χ2v) is 4.31. The van der Waals surface area contributed by atoms with E-state index < -0.39 is 0 Å². The molecule has 1 amide bonds. The molecule has 0 unspecified atom stereocenters. The van der Waals surface area contributed by atoms with Gasteiger partial charge in [0.2, 0.25) is 5.91 Å². The third-order valence-electron chi connectivity index (χ3n) is 1.85. The number of anilines is 1. The van der Waals surface area contributed by atoms with Crippen LogP contribution in [0.15, 0.2) is 29.2 Å². The fourth-order valence-electron chi connectivity index (χ4n) is 1.12. The molecule has 1 aromatic carbocycles. The lowest BCUT2D eigenvalue weighted by molar-refractivity contribution is -0.114. The van der Waals surface area contributed by atoms with Crippen molar-refractivity contribution in [2.24, 2.45) is 5.73 Å². The van der Waals surface area contributed by atoms with Gasteiger partial charge in [0.15, 0.2) is 0 Å². The lowest BCUT2D eigenvalue weighted by Crippen LogP contribution is -2.11. The lowest BCUT2D eigenvalue weighted by atomic mass is 10.3. The summed E-state index contributed by atoms with van der Waals surface area (Å²) in [5, 5.41) is 2.72. The molecule has 0 fully saturated rings. The minimum Gasteiger partial charge on any atom is -0.330 e. The van der Waals surface area contributed by atoms with Crippen molar-refractivity contribution in [3.63, 3.8) is 0 Å². The molecule has 0 atom stereocenters. The average molecular weight is 239 g/mol. The van der Waals surface area contributed by atoms with E-state index in [-0.39, 0.29) is 5.91 Å². The van der Waals surface area contributed by atoms with Gasteiger partial charge in [-0.25, -0.2) is 0 Å². The van der Waals surface area contributed by atoms with E-state index in [4.69, 9.17) is 5.73 Å². The Balaban J connectivity index is 2.36. The molecular formula is C11H17N3OS. The van der Waals surface area contributed by atoms with Gasteiger partial charge in [0.25, 0.3) is 0 Å². The standard InChI is InChI=1S/C11H17N3OS/c1-9(15)14-10-3-5-11(6-4-10)16-13-8-2-7-12/h3-6,13H,2,7-8,12H2,1H3,(H,14,15). The van der Waals surface area contributed by atoms with Crippen molar-refractivity contribution in [2.75, 3.05) is 18.4 Å². The van der Waals surface area contributed by atoms with Crippen molar-refractivity contribution in [3.05, 3.63) is 24.3 Å². The van der Waals surface area contributed by atoms with E-state index in [2.05, 4.69) is 10.0 Å². The average Bonchev–Trinajstić information content (AvgIpc) is 2.26. The van der Waals surface area contributed by atoms with Gasteiger partial charge in [-0.3, -0.25) is 9.52 Å². The number of benzene rings is 1. The first-order valence-corrected chi connectivity index (χ1v) is 6.01. The van der Waals surface area contributed by atoms with Gasteiger partial charge < -0.3 is 11.1 Å². The first kappa shape index (κ1) is 13.0. The van der Waals surface area contributed by atoms with Crippen LogP contribution in [0.5, 0.6) is 0 Å². The molecule has 0 saturated carbocycles. The summed E-state index contributed by atoms with van der Waals surface area (Å²) in [4.78, 5) is 11.9. The Kier molecular flexibility index (Phi) is 5.92. The summed E-state index contributed by atoms with van der Waals surface area (Å²) >= 11 is 1.57. The fraction of sp³-hybridized carbons (Fsp3) is 0.364. The minimum atomic E-state index is -0.0542. The maximum atomic E-state index is 10.8. The molecule has 0 radical (unpaired) electrons. The van der Waals surface area contributed by atoms with Crippen LogP contribution in [0.1, 0.15) is 13.3 Å². The van der Waals surface area contributed by atoms with E-state index >= 15 is 0 Å². The summed E-state index contributed by atoms with van der Waals surface area (Å²) < 4.78 is 3.21. The van der Waals surface area contributed by atoms with E-state index in [9.17, 15) is 4.79 Å². The molecule has 0 aliphatic rings. The summed E-state index contributed by atoms with van der Waals surface area (Å²) in [6.45, 7) is 3.10. The van der Waals surface area contributed by atoms with Crippen molar-refractivity contribution < 1.29 is 4.79 Å². The lowest BCUT2D eigenvalue weighted by Gasteiger charge is -2.05. The number of rotatable bonds is 6. The maximum absolute atomic E-state index is 10.8. The van der Waals surface area contributed by atoms with Crippen molar-refractivity contribution in [2.45, 2.75) is 18.2 Å². The molecule has 4 N–H and O–H groups in total. The van der Waals surface area contributed by atoms with Gasteiger partial charge in [-0.05, 0) is 49.2 Å². The van der Waals surface area contributed by atoms with Crippen LogP contribution in [-0.4, -0.2) is 19.0 Å². The van der Waals surface area contributed by atoms with Gasteiger partial charge in [0.1, 0.15) is 0 Å². The zero-order valence-electron chi connectivity index (χ0n) is 9.32. The highest BCUT2D eigenvalue weighted by Gasteiger charge is 1.96. The zero-order chi connectivity index (χ0) is 11.8. The summed E-state index contributed by atoms with van der Waals surface area (Å²) in [6, 6.07) is 7.69. The van der Waals surface area contributed by atoms with Crippen LogP contribution in [0.25, 0.3) is 0 Å². The van der Waals surface area contributed by atoms with E-state index in [1.54, 1.807) is 11.9 Å². The predicted octanol–water partition coefficient (Wildman–Crippen LogP) is 1.59. The molecule has 0 aliphatic heterocycles. The number of hydrogen-bond donors (Lipinski definition) is 3. The van der Waals surface area contributed by atoms with Gasteiger partial charge in [-0.2, -0.15) is 0 Å². The van der Waals surface area contributed by atoms with Crippen LogP contribution in [0.3, 0.4) is 0 Å². The molecule has 0 aliphatic carbocycles. The van der Waals surface area contributed by atoms with Crippen LogP contribution in [-0.2, 0) is 4.79 Å².